The molecule has 0 bridgehead atoms. The molecule has 3 aromatic carbocycles. The predicted octanol–water partition coefficient (Wildman–Crippen LogP) is 3.51. The number of carbonyl (C=O) groups excluding carboxylic acids is 1. The lowest BCUT2D eigenvalue weighted by Crippen LogP contribution is -2.52. The highest BCUT2D eigenvalue weighted by molar-refractivity contribution is 5.90. The van der Waals surface area contributed by atoms with Crippen LogP contribution < -0.4 is 0 Å². The maximum absolute atomic E-state index is 13.2. The molecule has 0 radical (unpaired) electrons. The second-order valence-electron chi connectivity index (χ2n) is 8.29. The largest absolute Gasteiger partial charge is 0.451 e. The van der Waals surface area contributed by atoms with Gasteiger partial charge in [-0.25, -0.2) is 4.79 Å². The molecule has 0 saturated carbocycles. The van der Waals surface area contributed by atoms with Crippen LogP contribution in [0.15, 0.2) is 91.0 Å². The van der Waals surface area contributed by atoms with Crippen LogP contribution in [0.2, 0.25) is 0 Å². The van der Waals surface area contributed by atoms with Gasteiger partial charge in [-0.05, 0) is 16.7 Å². The number of cyclic esters (lactones) is 1. The minimum absolute atomic E-state index is 0.295. The Hall–Kier alpha value is -2.95. The number of aliphatic hydroxyl groups excluding tert-OH is 1. The van der Waals surface area contributed by atoms with Crippen molar-refractivity contribution >= 4 is 5.97 Å². The van der Waals surface area contributed by atoms with Crippen LogP contribution in [0.3, 0.4) is 0 Å². The van der Waals surface area contributed by atoms with E-state index in [1.54, 1.807) is 0 Å². The summed E-state index contributed by atoms with van der Waals surface area (Å²) in [6.07, 6.45) is 1.33. The lowest BCUT2D eigenvalue weighted by atomic mass is 9.72. The van der Waals surface area contributed by atoms with Gasteiger partial charge in [0.1, 0.15) is 0 Å². The van der Waals surface area contributed by atoms with Crippen LogP contribution in [0.5, 0.6) is 0 Å². The Kier molecular flexibility index (Phi) is 4.49. The van der Waals surface area contributed by atoms with Crippen LogP contribution in [0.4, 0.5) is 0 Å². The predicted molar refractivity (Wildman–Crippen MR) is 113 cm³/mol. The van der Waals surface area contributed by atoms with E-state index in [0.717, 1.165) is 16.7 Å². The summed E-state index contributed by atoms with van der Waals surface area (Å²) in [5.41, 5.74) is -0.0661. The number of esters is 1. The molecular formula is C26H24O4. The molecule has 0 amide bonds. The molecule has 3 atom stereocenters. The summed E-state index contributed by atoms with van der Waals surface area (Å²) >= 11 is 0. The maximum atomic E-state index is 13.2. The number of carbonyl (C=O) groups is 1. The minimum Gasteiger partial charge on any atom is -0.451 e. The molecule has 0 aliphatic carbocycles. The van der Waals surface area contributed by atoms with E-state index in [1.165, 1.54) is 0 Å². The maximum Gasteiger partial charge on any atom is 0.342 e. The second-order valence-corrected chi connectivity index (χ2v) is 8.29. The van der Waals surface area contributed by atoms with Crippen molar-refractivity contribution < 1.29 is 19.4 Å². The fraction of sp³-hybridized carbons (Fsp3) is 0.269. The van der Waals surface area contributed by atoms with Crippen molar-refractivity contribution in [1.29, 1.82) is 0 Å². The summed E-state index contributed by atoms with van der Waals surface area (Å²) in [6, 6.07) is 29.6. The first-order valence-electron chi connectivity index (χ1n) is 10.3. The van der Waals surface area contributed by atoms with Crippen LogP contribution >= 0.6 is 0 Å². The van der Waals surface area contributed by atoms with Gasteiger partial charge in [0, 0.05) is 19.3 Å². The molecule has 4 nitrogen and oxygen atoms in total. The fourth-order valence-corrected chi connectivity index (χ4v) is 4.96. The number of hydrogen-bond acceptors (Lipinski definition) is 4. The minimum atomic E-state index is -1.13. The lowest BCUT2D eigenvalue weighted by molar-refractivity contribution is -0.174. The van der Waals surface area contributed by atoms with Gasteiger partial charge in [0.2, 0.25) is 5.60 Å². The van der Waals surface area contributed by atoms with E-state index in [1.807, 2.05) is 91.0 Å². The molecule has 0 aromatic heterocycles. The standard InChI is InChI=1S/C26H24O4/c27-19-24(16-20-10-4-1-5-11-20)26(18-22-14-8-3-9-15-22)25(30-26,23(28)29-24)17-21-12-6-2-7-13-21/h1-15,27H,16-19H2/t24-,25+,26-/m0/s1. The average Bonchev–Trinajstić information content (AvgIpc) is 3.39. The van der Waals surface area contributed by atoms with Crippen molar-refractivity contribution in [1.82, 2.24) is 0 Å². The van der Waals surface area contributed by atoms with E-state index in [4.69, 9.17) is 9.47 Å². The van der Waals surface area contributed by atoms with Gasteiger partial charge in [0.05, 0.1) is 6.61 Å². The van der Waals surface area contributed by atoms with Crippen molar-refractivity contribution in [3.63, 3.8) is 0 Å². The van der Waals surface area contributed by atoms with Crippen LogP contribution in [-0.2, 0) is 33.5 Å². The van der Waals surface area contributed by atoms with Crippen molar-refractivity contribution in [2.45, 2.75) is 36.1 Å². The summed E-state index contributed by atoms with van der Waals surface area (Å²) in [5, 5.41) is 10.6. The third-order valence-corrected chi connectivity index (χ3v) is 6.49. The third-order valence-electron chi connectivity index (χ3n) is 6.49. The van der Waals surface area contributed by atoms with Gasteiger partial charge < -0.3 is 14.6 Å². The van der Waals surface area contributed by atoms with Gasteiger partial charge in [0.15, 0.2) is 11.2 Å². The quantitative estimate of drug-likeness (QED) is 0.487. The fourth-order valence-electron chi connectivity index (χ4n) is 4.96. The summed E-state index contributed by atoms with van der Waals surface area (Å²) < 4.78 is 12.4. The molecule has 4 heteroatoms. The number of ether oxygens (including phenoxy) is 2. The van der Waals surface area contributed by atoms with E-state index in [-0.39, 0.29) is 12.6 Å². The number of fused-ring (bicyclic) bond motifs is 1. The molecule has 2 aliphatic rings. The molecule has 3 aromatic rings. The number of hydrogen-bond donors (Lipinski definition) is 1. The zero-order chi connectivity index (χ0) is 20.7. The van der Waals surface area contributed by atoms with Crippen molar-refractivity contribution in [3.8, 4) is 0 Å². The Bertz CT molecular complexity index is 1040. The molecule has 2 aliphatic heterocycles. The Morgan fingerprint density at radius 1 is 0.667 bits per heavy atom. The molecule has 152 valence electrons. The first kappa shape index (κ1) is 19.0. The van der Waals surface area contributed by atoms with Crippen molar-refractivity contribution in [3.05, 3.63) is 108 Å². The van der Waals surface area contributed by atoms with Gasteiger partial charge in [0.25, 0.3) is 0 Å². The molecule has 1 N–H and O–H groups in total. The van der Waals surface area contributed by atoms with Crippen molar-refractivity contribution in [2.24, 2.45) is 0 Å². The third kappa shape index (κ3) is 2.79. The molecule has 0 spiro atoms. The van der Waals surface area contributed by atoms with Crippen LogP contribution in [0.25, 0.3) is 0 Å². The lowest BCUT2D eigenvalue weighted by Gasteiger charge is -2.33. The normalized spacial score (nSPS) is 29.3. The molecule has 30 heavy (non-hydrogen) atoms. The van der Waals surface area contributed by atoms with Crippen molar-refractivity contribution in [2.75, 3.05) is 6.61 Å². The topological polar surface area (TPSA) is 59.1 Å². The molecule has 2 heterocycles. The smallest absolute Gasteiger partial charge is 0.342 e. The van der Waals surface area contributed by atoms with E-state index in [0.29, 0.717) is 19.3 Å². The first-order valence-corrected chi connectivity index (χ1v) is 10.3. The van der Waals surface area contributed by atoms with Gasteiger partial charge in [-0.1, -0.05) is 91.0 Å². The van der Waals surface area contributed by atoms with Gasteiger partial charge in [-0.15, -0.1) is 0 Å². The summed E-state index contributed by atoms with van der Waals surface area (Å²) in [4.78, 5) is 13.2. The number of epoxide rings is 1. The number of benzene rings is 3. The molecule has 0 unspecified atom stereocenters. The molecule has 2 fully saturated rings. The van der Waals surface area contributed by atoms with E-state index in [9.17, 15) is 9.90 Å². The first-order chi connectivity index (χ1) is 14.6. The van der Waals surface area contributed by atoms with E-state index < -0.39 is 16.8 Å². The Morgan fingerprint density at radius 2 is 1.13 bits per heavy atom. The van der Waals surface area contributed by atoms with Gasteiger partial charge in [-0.3, -0.25) is 0 Å². The molecule has 5 rings (SSSR count). The van der Waals surface area contributed by atoms with E-state index >= 15 is 0 Å². The summed E-state index contributed by atoms with van der Waals surface area (Å²) in [5.74, 6) is -0.382. The van der Waals surface area contributed by atoms with Crippen LogP contribution in [0.1, 0.15) is 16.7 Å². The Morgan fingerprint density at radius 3 is 1.63 bits per heavy atom. The Balaban J connectivity index is 1.58. The Labute approximate surface area is 176 Å². The second kappa shape index (κ2) is 7.08. The van der Waals surface area contributed by atoms with Gasteiger partial charge >= 0.3 is 5.97 Å². The highest BCUT2D eigenvalue weighted by Gasteiger charge is 2.88. The highest BCUT2D eigenvalue weighted by Crippen LogP contribution is 2.65. The van der Waals surface area contributed by atoms with Gasteiger partial charge in [-0.2, -0.15) is 0 Å². The SMILES string of the molecule is O=C1O[C@](CO)(Cc2ccccc2)[C@]2(Cc3ccccc3)O[C@]12Cc1ccccc1. The van der Waals surface area contributed by atoms with E-state index in [2.05, 4.69) is 0 Å². The number of aliphatic hydroxyl groups is 1. The summed E-state index contributed by atoms with van der Waals surface area (Å²) in [6.45, 7) is -0.295. The highest BCUT2D eigenvalue weighted by atomic mass is 16.7. The molecule has 2 saturated heterocycles. The zero-order valence-electron chi connectivity index (χ0n) is 16.7. The average molecular weight is 400 g/mol. The number of rotatable bonds is 7. The van der Waals surface area contributed by atoms with Crippen LogP contribution in [0, 0.1) is 0 Å². The monoisotopic (exact) mass is 400 g/mol. The summed E-state index contributed by atoms with van der Waals surface area (Å²) in [7, 11) is 0. The zero-order valence-corrected chi connectivity index (χ0v) is 16.7. The van der Waals surface area contributed by atoms with Crippen LogP contribution in [-0.4, -0.2) is 34.5 Å². The molecular weight excluding hydrogens is 376 g/mol.